The van der Waals surface area contributed by atoms with Crippen LogP contribution in [-0.2, 0) is 11.2 Å². The van der Waals surface area contributed by atoms with Crippen molar-refractivity contribution < 1.29 is 13.9 Å². The lowest BCUT2D eigenvalue weighted by Gasteiger charge is -2.19. The quantitative estimate of drug-likeness (QED) is 0.677. The van der Waals surface area contributed by atoms with E-state index >= 15 is 0 Å². The van der Waals surface area contributed by atoms with Crippen LogP contribution in [0.15, 0.2) is 41.1 Å². The molecule has 126 valence electrons. The van der Waals surface area contributed by atoms with E-state index < -0.39 is 11.7 Å². The van der Waals surface area contributed by atoms with Gasteiger partial charge in [0.25, 0.3) is 0 Å². The Balaban J connectivity index is 2.07. The summed E-state index contributed by atoms with van der Waals surface area (Å²) in [5.74, 6) is 1.37. The Labute approximate surface area is 141 Å². The van der Waals surface area contributed by atoms with Crippen LogP contribution in [0.25, 0.3) is 22.2 Å². The third-order valence-electron chi connectivity index (χ3n) is 3.59. The van der Waals surface area contributed by atoms with Gasteiger partial charge in [-0.2, -0.15) is 0 Å². The predicted molar refractivity (Wildman–Crippen MR) is 93.1 cm³/mol. The minimum absolute atomic E-state index is 0.404. The van der Waals surface area contributed by atoms with Crippen molar-refractivity contribution in [2.24, 2.45) is 0 Å². The lowest BCUT2D eigenvalue weighted by Crippen LogP contribution is -2.26. The van der Waals surface area contributed by atoms with E-state index in [-0.39, 0.29) is 0 Å². The number of aryl methyl sites for hydroxylation is 1. The van der Waals surface area contributed by atoms with E-state index in [1.807, 2.05) is 45.0 Å². The lowest BCUT2D eigenvalue weighted by molar-refractivity contribution is 0.0544. The fraction of sp³-hybridized carbons (Fsp3) is 0.368. The fourth-order valence-electron chi connectivity index (χ4n) is 2.60. The van der Waals surface area contributed by atoms with Crippen molar-refractivity contribution in [1.82, 2.24) is 9.55 Å². The van der Waals surface area contributed by atoms with Gasteiger partial charge in [0.05, 0.1) is 11.7 Å². The van der Waals surface area contributed by atoms with Crippen molar-refractivity contribution in [2.45, 2.75) is 46.1 Å². The lowest BCUT2D eigenvalue weighted by atomic mass is 10.1. The molecule has 0 amide bonds. The second-order valence-corrected chi connectivity index (χ2v) is 6.78. The van der Waals surface area contributed by atoms with Gasteiger partial charge >= 0.3 is 6.09 Å². The van der Waals surface area contributed by atoms with E-state index in [2.05, 4.69) is 11.9 Å². The van der Waals surface area contributed by atoms with Gasteiger partial charge in [-0.25, -0.2) is 9.78 Å². The van der Waals surface area contributed by atoms with Gasteiger partial charge in [0.1, 0.15) is 5.60 Å². The van der Waals surface area contributed by atoms with Gasteiger partial charge in [0.2, 0.25) is 0 Å². The maximum absolute atomic E-state index is 12.5. The molecule has 0 saturated carbocycles. The Kier molecular flexibility index (Phi) is 4.18. The van der Waals surface area contributed by atoms with Gasteiger partial charge in [-0.05, 0) is 33.3 Å². The van der Waals surface area contributed by atoms with E-state index in [0.29, 0.717) is 11.7 Å². The highest BCUT2D eigenvalue weighted by Gasteiger charge is 2.22. The summed E-state index contributed by atoms with van der Waals surface area (Å²) in [5, 5.41) is 0.933. The number of hydrogen-bond donors (Lipinski definition) is 0. The first kappa shape index (κ1) is 16.3. The molecule has 0 fully saturated rings. The zero-order valence-corrected chi connectivity index (χ0v) is 14.5. The first-order valence-corrected chi connectivity index (χ1v) is 8.17. The van der Waals surface area contributed by atoms with Gasteiger partial charge in [0, 0.05) is 23.6 Å². The fourth-order valence-corrected chi connectivity index (χ4v) is 2.60. The van der Waals surface area contributed by atoms with E-state index in [1.165, 1.54) is 4.57 Å². The summed E-state index contributed by atoms with van der Waals surface area (Å²) in [6.45, 7) is 7.64. The maximum atomic E-state index is 12.5. The number of para-hydroxylation sites is 1. The monoisotopic (exact) mass is 326 g/mol. The normalized spacial score (nSPS) is 11.8. The molecular formula is C19H22N2O3. The Morgan fingerprint density at radius 3 is 2.75 bits per heavy atom. The molecule has 3 aromatic rings. The van der Waals surface area contributed by atoms with E-state index in [1.54, 1.807) is 12.4 Å². The van der Waals surface area contributed by atoms with Gasteiger partial charge in [-0.15, -0.1) is 0 Å². The van der Waals surface area contributed by atoms with Gasteiger partial charge < -0.3 is 9.15 Å². The minimum atomic E-state index is -0.552. The number of oxazole rings is 1. The molecule has 0 aliphatic carbocycles. The van der Waals surface area contributed by atoms with Crippen LogP contribution in [0.3, 0.4) is 0 Å². The van der Waals surface area contributed by atoms with Crippen LogP contribution in [0.2, 0.25) is 0 Å². The number of aromatic nitrogens is 2. The summed E-state index contributed by atoms with van der Waals surface area (Å²) in [6.07, 6.45) is 4.84. The van der Waals surface area contributed by atoms with Crippen LogP contribution in [0, 0.1) is 0 Å². The molecule has 1 aromatic carbocycles. The van der Waals surface area contributed by atoms with E-state index in [9.17, 15) is 4.79 Å². The molecule has 5 nitrogen and oxygen atoms in total. The third-order valence-corrected chi connectivity index (χ3v) is 3.59. The summed E-state index contributed by atoms with van der Waals surface area (Å²) >= 11 is 0. The Hall–Kier alpha value is -2.56. The highest BCUT2D eigenvalue weighted by Crippen LogP contribution is 2.31. The van der Waals surface area contributed by atoms with Crippen molar-refractivity contribution in [3.05, 3.63) is 42.5 Å². The topological polar surface area (TPSA) is 57.3 Å². The molecule has 0 bridgehead atoms. The Bertz CT molecular complexity index is 868. The average Bonchev–Trinajstić information content (AvgIpc) is 3.10. The third kappa shape index (κ3) is 3.20. The van der Waals surface area contributed by atoms with Crippen LogP contribution in [0.5, 0.6) is 0 Å². The molecule has 0 N–H and O–H groups in total. The molecule has 3 rings (SSSR count). The smallest absolute Gasteiger partial charge is 0.419 e. The minimum Gasteiger partial charge on any atom is -0.443 e. The predicted octanol–water partition coefficient (Wildman–Crippen LogP) is 5.03. The zero-order valence-electron chi connectivity index (χ0n) is 14.5. The van der Waals surface area contributed by atoms with Crippen molar-refractivity contribution in [3.63, 3.8) is 0 Å². The van der Waals surface area contributed by atoms with E-state index in [4.69, 9.17) is 9.15 Å². The number of carbonyl (C=O) groups is 1. The summed E-state index contributed by atoms with van der Waals surface area (Å²) in [6, 6.07) is 7.70. The maximum Gasteiger partial charge on any atom is 0.419 e. The van der Waals surface area contributed by atoms with E-state index in [0.717, 1.165) is 29.3 Å². The summed E-state index contributed by atoms with van der Waals surface area (Å²) in [7, 11) is 0. The molecule has 2 aromatic heterocycles. The summed E-state index contributed by atoms with van der Waals surface area (Å²) in [4.78, 5) is 16.8. The first-order chi connectivity index (χ1) is 11.4. The average molecular weight is 326 g/mol. The number of rotatable bonds is 3. The number of ether oxygens (including phenoxy) is 1. The molecule has 0 radical (unpaired) electrons. The highest BCUT2D eigenvalue weighted by atomic mass is 16.6. The number of nitrogens with zero attached hydrogens (tertiary/aromatic N) is 2. The van der Waals surface area contributed by atoms with Crippen molar-refractivity contribution in [1.29, 1.82) is 0 Å². The van der Waals surface area contributed by atoms with Crippen LogP contribution in [0.4, 0.5) is 4.79 Å². The molecular weight excluding hydrogens is 304 g/mol. The zero-order chi connectivity index (χ0) is 17.3. The van der Waals surface area contributed by atoms with Gasteiger partial charge in [-0.3, -0.25) is 4.57 Å². The van der Waals surface area contributed by atoms with Crippen LogP contribution in [-0.4, -0.2) is 21.2 Å². The molecule has 0 atom stereocenters. The molecule has 24 heavy (non-hydrogen) atoms. The highest BCUT2D eigenvalue weighted by molar-refractivity contribution is 5.99. The molecule has 0 saturated heterocycles. The van der Waals surface area contributed by atoms with Gasteiger partial charge in [0.15, 0.2) is 11.7 Å². The van der Waals surface area contributed by atoms with Gasteiger partial charge in [-0.1, -0.05) is 25.1 Å². The number of carbonyl (C=O) groups excluding carboxylic acids is 1. The molecule has 2 heterocycles. The summed E-state index contributed by atoms with van der Waals surface area (Å²) in [5.41, 5.74) is 1.07. The molecule has 5 heteroatoms. The van der Waals surface area contributed by atoms with Crippen LogP contribution in [0.1, 0.15) is 40.0 Å². The van der Waals surface area contributed by atoms with Crippen molar-refractivity contribution in [2.75, 3.05) is 0 Å². The molecule has 0 unspecified atom stereocenters. The van der Waals surface area contributed by atoms with Crippen molar-refractivity contribution in [3.8, 4) is 11.3 Å². The largest absolute Gasteiger partial charge is 0.443 e. The standard InChI is InChI=1S/C19H22N2O3/c1-5-8-17-20-11-16(23-17)14-12-21(18(22)24-19(2,3)4)15-10-7-6-9-13(14)15/h6-7,9-12H,5,8H2,1-4H3. The SMILES string of the molecule is CCCc1ncc(-c2cn(C(=O)OC(C)(C)C)c3ccccc23)o1. The van der Waals surface area contributed by atoms with Crippen LogP contribution < -0.4 is 0 Å². The van der Waals surface area contributed by atoms with Crippen molar-refractivity contribution >= 4 is 17.0 Å². The number of benzene rings is 1. The first-order valence-electron chi connectivity index (χ1n) is 8.17. The number of fused-ring (bicyclic) bond motifs is 1. The molecule has 0 spiro atoms. The Morgan fingerprint density at radius 1 is 1.29 bits per heavy atom. The number of hydrogen-bond acceptors (Lipinski definition) is 4. The Morgan fingerprint density at radius 2 is 2.04 bits per heavy atom. The second kappa shape index (κ2) is 6.15. The molecule has 0 aliphatic heterocycles. The van der Waals surface area contributed by atoms with Crippen LogP contribution >= 0.6 is 0 Å². The second-order valence-electron chi connectivity index (χ2n) is 6.78. The molecule has 0 aliphatic rings. The summed E-state index contributed by atoms with van der Waals surface area (Å²) < 4.78 is 12.9.